The second-order valence-electron chi connectivity index (χ2n) is 8.14. The number of carbonyl (C=O) groups excluding carboxylic acids is 2. The summed E-state index contributed by atoms with van der Waals surface area (Å²) < 4.78 is 0. The maximum Gasteiger partial charge on any atom is 0.254 e. The molecule has 1 heterocycles. The summed E-state index contributed by atoms with van der Waals surface area (Å²) in [4.78, 5) is 29.0. The van der Waals surface area contributed by atoms with Crippen LogP contribution in [0.4, 0.5) is 5.69 Å². The first-order chi connectivity index (χ1) is 14.4. The quantitative estimate of drug-likeness (QED) is 0.698. The van der Waals surface area contributed by atoms with Gasteiger partial charge >= 0.3 is 0 Å². The number of rotatable bonds is 7. The molecule has 3 rings (SSSR count). The Hall–Kier alpha value is -2.37. The van der Waals surface area contributed by atoms with Crippen LogP contribution in [0.5, 0.6) is 0 Å². The van der Waals surface area contributed by atoms with E-state index in [0.29, 0.717) is 29.4 Å². The molecule has 0 aromatic heterocycles. The molecule has 160 valence electrons. The molecule has 0 bridgehead atoms. The van der Waals surface area contributed by atoms with Crippen molar-refractivity contribution in [3.63, 3.8) is 0 Å². The van der Waals surface area contributed by atoms with Gasteiger partial charge in [-0.2, -0.15) is 0 Å². The van der Waals surface area contributed by atoms with E-state index in [0.717, 1.165) is 31.1 Å². The number of carbonyl (C=O) groups is 2. The fourth-order valence-electron chi connectivity index (χ4n) is 3.73. The summed E-state index contributed by atoms with van der Waals surface area (Å²) in [5, 5.41) is 3.43. The van der Waals surface area contributed by atoms with Crippen LogP contribution in [0.15, 0.2) is 48.5 Å². The van der Waals surface area contributed by atoms with Gasteiger partial charge in [0.25, 0.3) is 5.91 Å². The van der Waals surface area contributed by atoms with Gasteiger partial charge in [0, 0.05) is 42.8 Å². The molecule has 2 aromatic carbocycles. The minimum absolute atomic E-state index is 0.0393. The Morgan fingerprint density at radius 3 is 2.50 bits per heavy atom. The van der Waals surface area contributed by atoms with Gasteiger partial charge in [0.05, 0.1) is 0 Å². The Kier molecular flexibility index (Phi) is 7.88. The van der Waals surface area contributed by atoms with Gasteiger partial charge in [-0.3, -0.25) is 9.59 Å². The van der Waals surface area contributed by atoms with Gasteiger partial charge in [-0.1, -0.05) is 36.7 Å². The molecule has 2 amide bonds. The lowest BCUT2D eigenvalue weighted by Crippen LogP contribution is -2.41. The van der Waals surface area contributed by atoms with E-state index in [2.05, 4.69) is 17.1 Å². The van der Waals surface area contributed by atoms with Gasteiger partial charge in [0.15, 0.2) is 0 Å². The van der Waals surface area contributed by atoms with Crippen LogP contribution in [0.2, 0.25) is 5.02 Å². The third kappa shape index (κ3) is 6.57. The largest absolute Gasteiger partial charge is 0.333 e. The minimum atomic E-state index is -0.156. The Bertz CT molecular complexity index is 861. The summed E-state index contributed by atoms with van der Waals surface area (Å²) in [5.74, 6) is 0.587. The van der Waals surface area contributed by atoms with Crippen LogP contribution in [0.3, 0.4) is 0 Å². The zero-order valence-corrected chi connectivity index (χ0v) is 18.5. The third-order valence-corrected chi connectivity index (χ3v) is 5.82. The number of nitrogens with one attached hydrogen (secondary N) is 1. The molecule has 0 radical (unpaired) electrons. The molecule has 0 unspecified atom stereocenters. The standard InChI is InChI=1S/C24H30ClN3O2/c1-18-10-12-27(13-11-18)14-15-28(17-20-6-8-22(25)9-7-20)24(30)21-4-3-5-23(16-21)26-19(2)29/h3-9,16,18H,10-15,17H2,1-2H3,(H,26,29). The van der Waals surface area contributed by atoms with E-state index < -0.39 is 0 Å². The molecule has 0 atom stereocenters. The summed E-state index contributed by atoms with van der Waals surface area (Å²) in [6.45, 7) is 7.96. The molecule has 5 nitrogen and oxygen atoms in total. The van der Waals surface area contributed by atoms with Crippen LogP contribution in [-0.2, 0) is 11.3 Å². The number of amides is 2. The first kappa shape index (κ1) is 22.3. The first-order valence-electron chi connectivity index (χ1n) is 10.5. The van der Waals surface area contributed by atoms with E-state index in [1.807, 2.05) is 29.2 Å². The number of piperidine rings is 1. The Balaban J connectivity index is 1.74. The van der Waals surface area contributed by atoms with Crippen LogP contribution in [0.1, 0.15) is 42.6 Å². The van der Waals surface area contributed by atoms with Crippen LogP contribution < -0.4 is 5.32 Å². The maximum absolute atomic E-state index is 13.3. The summed E-state index contributed by atoms with van der Waals surface area (Å²) in [6, 6.07) is 14.7. The number of anilines is 1. The van der Waals surface area contributed by atoms with Crippen LogP contribution in [0, 0.1) is 5.92 Å². The number of halogens is 1. The molecular formula is C24H30ClN3O2. The lowest BCUT2D eigenvalue weighted by molar-refractivity contribution is -0.114. The molecule has 6 heteroatoms. The van der Waals surface area contributed by atoms with Crippen LogP contribution in [-0.4, -0.2) is 47.8 Å². The molecule has 1 N–H and O–H groups in total. The van der Waals surface area contributed by atoms with E-state index in [-0.39, 0.29) is 11.8 Å². The molecule has 0 aliphatic carbocycles. The summed E-state index contributed by atoms with van der Waals surface area (Å²) in [5.41, 5.74) is 2.24. The van der Waals surface area contributed by atoms with E-state index in [1.165, 1.54) is 19.8 Å². The van der Waals surface area contributed by atoms with Crippen molar-refractivity contribution in [1.29, 1.82) is 0 Å². The highest BCUT2D eigenvalue weighted by molar-refractivity contribution is 6.30. The average molecular weight is 428 g/mol. The van der Waals surface area contributed by atoms with Crippen molar-refractivity contribution in [2.24, 2.45) is 5.92 Å². The Labute approximate surface area is 184 Å². The molecular weight excluding hydrogens is 398 g/mol. The van der Waals surface area contributed by atoms with Gasteiger partial charge in [-0.05, 0) is 67.7 Å². The zero-order chi connectivity index (χ0) is 21.5. The van der Waals surface area contributed by atoms with Gasteiger partial charge in [0.2, 0.25) is 5.91 Å². The number of hydrogen-bond donors (Lipinski definition) is 1. The lowest BCUT2D eigenvalue weighted by Gasteiger charge is -2.32. The van der Waals surface area contributed by atoms with E-state index >= 15 is 0 Å². The van der Waals surface area contributed by atoms with Crippen molar-refractivity contribution < 1.29 is 9.59 Å². The summed E-state index contributed by atoms with van der Waals surface area (Å²) in [6.07, 6.45) is 2.42. The van der Waals surface area contributed by atoms with Crippen molar-refractivity contribution in [2.45, 2.75) is 33.2 Å². The molecule has 1 aliphatic heterocycles. The Morgan fingerprint density at radius 1 is 1.13 bits per heavy atom. The number of benzene rings is 2. The van der Waals surface area contributed by atoms with Gasteiger partial charge in [0.1, 0.15) is 0 Å². The molecule has 0 spiro atoms. The molecule has 2 aromatic rings. The van der Waals surface area contributed by atoms with Gasteiger partial charge in [-0.25, -0.2) is 0 Å². The van der Waals surface area contributed by atoms with Crippen molar-refractivity contribution in [3.8, 4) is 0 Å². The molecule has 30 heavy (non-hydrogen) atoms. The number of nitrogens with zero attached hydrogens (tertiary/aromatic N) is 2. The zero-order valence-electron chi connectivity index (χ0n) is 17.7. The maximum atomic E-state index is 13.3. The number of likely N-dealkylation sites (tertiary alicyclic amines) is 1. The van der Waals surface area contributed by atoms with Gasteiger partial charge < -0.3 is 15.1 Å². The van der Waals surface area contributed by atoms with Crippen molar-refractivity contribution in [3.05, 3.63) is 64.7 Å². The fourth-order valence-corrected chi connectivity index (χ4v) is 3.85. The average Bonchev–Trinajstić information content (AvgIpc) is 2.73. The van der Waals surface area contributed by atoms with Crippen molar-refractivity contribution in [1.82, 2.24) is 9.80 Å². The second kappa shape index (κ2) is 10.6. The minimum Gasteiger partial charge on any atom is -0.333 e. The molecule has 0 saturated carbocycles. The summed E-state index contributed by atoms with van der Waals surface area (Å²) in [7, 11) is 0. The second-order valence-corrected chi connectivity index (χ2v) is 8.58. The predicted molar refractivity (Wildman–Crippen MR) is 122 cm³/mol. The summed E-state index contributed by atoms with van der Waals surface area (Å²) >= 11 is 6.02. The molecule has 1 fully saturated rings. The normalized spacial score (nSPS) is 15.0. The fraction of sp³-hybridized carbons (Fsp3) is 0.417. The highest BCUT2D eigenvalue weighted by Gasteiger charge is 2.20. The first-order valence-corrected chi connectivity index (χ1v) is 10.9. The predicted octanol–water partition coefficient (Wildman–Crippen LogP) is 4.67. The van der Waals surface area contributed by atoms with Crippen LogP contribution in [0.25, 0.3) is 0 Å². The smallest absolute Gasteiger partial charge is 0.254 e. The molecule has 1 aliphatic rings. The Morgan fingerprint density at radius 2 is 1.83 bits per heavy atom. The van der Waals surface area contributed by atoms with Gasteiger partial charge in [-0.15, -0.1) is 0 Å². The van der Waals surface area contributed by atoms with Crippen molar-refractivity contribution >= 4 is 29.1 Å². The molecule has 1 saturated heterocycles. The van der Waals surface area contributed by atoms with Crippen LogP contribution >= 0.6 is 11.6 Å². The highest BCUT2D eigenvalue weighted by atomic mass is 35.5. The third-order valence-electron chi connectivity index (χ3n) is 5.57. The highest BCUT2D eigenvalue weighted by Crippen LogP contribution is 2.18. The monoisotopic (exact) mass is 427 g/mol. The van der Waals surface area contributed by atoms with Crippen molar-refractivity contribution in [2.75, 3.05) is 31.5 Å². The van der Waals surface area contributed by atoms with E-state index in [4.69, 9.17) is 11.6 Å². The number of hydrogen-bond acceptors (Lipinski definition) is 3. The lowest BCUT2D eigenvalue weighted by atomic mass is 9.99. The van der Waals surface area contributed by atoms with E-state index in [1.54, 1.807) is 24.3 Å². The SMILES string of the molecule is CC(=O)Nc1cccc(C(=O)N(CCN2CCC(C)CC2)Cc2ccc(Cl)cc2)c1. The topological polar surface area (TPSA) is 52.7 Å². The van der Waals surface area contributed by atoms with E-state index in [9.17, 15) is 9.59 Å².